The molecule has 0 spiro atoms. The van der Waals surface area contributed by atoms with Crippen LogP contribution >= 0.6 is 22.9 Å². The maximum atomic E-state index is 12.5. The number of aromatic nitrogens is 5. The van der Waals surface area contributed by atoms with E-state index in [-0.39, 0.29) is 5.91 Å². The lowest BCUT2D eigenvalue weighted by atomic mass is 10.1. The fourth-order valence-corrected chi connectivity index (χ4v) is 3.86. The highest BCUT2D eigenvalue weighted by molar-refractivity contribution is 7.15. The first-order chi connectivity index (χ1) is 13.6. The Hall–Kier alpha value is -3.10. The molecule has 2 aromatic heterocycles. The largest absolute Gasteiger partial charge is 0.298 e. The van der Waals surface area contributed by atoms with Crippen LogP contribution in [0.1, 0.15) is 26.5 Å². The fourth-order valence-electron chi connectivity index (χ4n) is 2.67. The van der Waals surface area contributed by atoms with Crippen LogP contribution in [-0.4, -0.2) is 31.1 Å². The Kier molecular flexibility index (Phi) is 5.14. The summed E-state index contributed by atoms with van der Waals surface area (Å²) in [6.07, 6.45) is 2.17. The summed E-state index contributed by atoms with van der Waals surface area (Å²) in [7, 11) is 0. The van der Waals surface area contributed by atoms with E-state index < -0.39 is 0 Å². The van der Waals surface area contributed by atoms with E-state index in [1.54, 1.807) is 24.3 Å². The van der Waals surface area contributed by atoms with Crippen molar-refractivity contribution in [3.63, 3.8) is 0 Å². The van der Waals surface area contributed by atoms with Crippen molar-refractivity contribution in [1.82, 2.24) is 25.2 Å². The van der Waals surface area contributed by atoms with Gasteiger partial charge in [-0.05, 0) is 53.2 Å². The van der Waals surface area contributed by atoms with Gasteiger partial charge in [-0.15, -0.1) is 16.4 Å². The summed E-state index contributed by atoms with van der Waals surface area (Å²) in [5.41, 5.74) is 3.22. The lowest BCUT2D eigenvalue weighted by Gasteiger charge is -2.03. The van der Waals surface area contributed by atoms with Crippen molar-refractivity contribution in [3.8, 4) is 5.69 Å². The molecule has 1 N–H and O–H groups in total. The monoisotopic (exact) mass is 410 g/mol. The Morgan fingerprint density at radius 2 is 1.96 bits per heavy atom. The number of nitrogens with one attached hydrogen (secondary N) is 1. The SMILES string of the molecule is Cc1nc(NC(=O)c2ccc(-n3cnnn3)cc2)sc1Cc1ccccc1Cl. The van der Waals surface area contributed by atoms with Crippen LogP contribution in [0.15, 0.2) is 54.9 Å². The Morgan fingerprint density at radius 1 is 1.18 bits per heavy atom. The third-order valence-corrected chi connectivity index (χ3v) is 5.61. The van der Waals surface area contributed by atoms with Crippen LogP contribution in [0.25, 0.3) is 5.69 Å². The van der Waals surface area contributed by atoms with Crippen LogP contribution in [0.4, 0.5) is 5.13 Å². The number of carbonyl (C=O) groups is 1. The molecule has 0 saturated heterocycles. The third kappa shape index (κ3) is 3.92. The van der Waals surface area contributed by atoms with Crippen LogP contribution in [0, 0.1) is 6.92 Å². The molecule has 0 atom stereocenters. The molecule has 0 unspecified atom stereocenters. The van der Waals surface area contributed by atoms with Gasteiger partial charge >= 0.3 is 0 Å². The minimum atomic E-state index is -0.221. The zero-order valence-corrected chi connectivity index (χ0v) is 16.4. The number of halogens is 1. The van der Waals surface area contributed by atoms with E-state index in [4.69, 9.17) is 11.6 Å². The number of thiazole rings is 1. The minimum Gasteiger partial charge on any atom is -0.298 e. The molecule has 0 radical (unpaired) electrons. The summed E-state index contributed by atoms with van der Waals surface area (Å²) in [5, 5.41) is 15.2. The molecular weight excluding hydrogens is 396 g/mol. The molecule has 7 nitrogen and oxygen atoms in total. The van der Waals surface area contributed by atoms with Crippen molar-refractivity contribution in [2.45, 2.75) is 13.3 Å². The quantitative estimate of drug-likeness (QED) is 0.538. The number of rotatable bonds is 5. The van der Waals surface area contributed by atoms with Crippen LogP contribution in [-0.2, 0) is 6.42 Å². The maximum Gasteiger partial charge on any atom is 0.257 e. The van der Waals surface area contributed by atoms with E-state index in [1.807, 2.05) is 31.2 Å². The van der Waals surface area contributed by atoms with Gasteiger partial charge in [0.2, 0.25) is 0 Å². The highest BCUT2D eigenvalue weighted by Gasteiger charge is 2.13. The van der Waals surface area contributed by atoms with Crippen molar-refractivity contribution >= 4 is 34.0 Å². The van der Waals surface area contributed by atoms with Crippen molar-refractivity contribution in [1.29, 1.82) is 0 Å². The average Bonchev–Trinajstić information content (AvgIpc) is 3.34. The number of carbonyl (C=O) groups excluding carboxylic acids is 1. The molecule has 0 bridgehead atoms. The first kappa shape index (κ1) is 18.3. The second-order valence-corrected chi connectivity index (χ2v) is 7.54. The van der Waals surface area contributed by atoms with Gasteiger partial charge in [0.05, 0.1) is 11.4 Å². The Bertz CT molecular complexity index is 1110. The molecule has 9 heteroatoms. The molecule has 1 amide bonds. The number of benzene rings is 2. The Balaban J connectivity index is 1.47. The highest BCUT2D eigenvalue weighted by Crippen LogP contribution is 2.28. The zero-order chi connectivity index (χ0) is 19.5. The lowest BCUT2D eigenvalue weighted by molar-refractivity contribution is 0.102. The van der Waals surface area contributed by atoms with Crippen molar-refractivity contribution in [2.24, 2.45) is 0 Å². The number of nitrogens with zero attached hydrogens (tertiary/aromatic N) is 5. The fraction of sp³-hybridized carbons (Fsp3) is 0.105. The number of amides is 1. The predicted molar refractivity (Wildman–Crippen MR) is 108 cm³/mol. The normalized spacial score (nSPS) is 10.8. The molecule has 0 aliphatic heterocycles. The smallest absolute Gasteiger partial charge is 0.257 e. The van der Waals surface area contributed by atoms with Gasteiger partial charge in [0.15, 0.2) is 5.13 Å². The molecule has 4 rings (SSSR count). The summed E-state index contributed by atoms with van der Waals surface area (Å²) < 4.78 is 1.52. The van der Waals surface area contributed by atoms with Crippen LogP contribution in [0.5, 0.6) is 0 Å². The van der Waals surface area contributed by atoms with Crippen molar-refractivity contribution < 1.29 is 4.79 Å². The van der Waals surface area contributed by atoms with E-state index in [2.05, 4.69) is 25.8 Å². The number of tetrazole rings is 1. The van der Waals surface area contributed by atoms with Gasteiger partial charge in [-0.2, -0.15) is 0 Å². The molecule has 140 valence electrons. The average molecular weight is 411 g/mol. The molecule has 0 aliphatic rings. The predicted octanol–water partition coefficient (Wildman–Crippen LogP) is 3.92. The summed E-state index contributed by atoms with van der Waals surface area (Å²) in [4.78, 5) is 18.1. The van der Waals surface area contributed by atoms with E-state index in [0.717, 1.165) is 26.8 Å². The minimum absolute atomic E-state index is 0.221. The summed E-state index contributed by atoms with van der Waals surface area (Å²) in [6, 6.07) is 14.7. The maximum absolute atomic E-state index is 12.5. The molecule has 0 aliphatic carbocycles. The van der Waals surface area contributed by atoms with Crippen LogP contribution < -0.4 is 5.32 Å². The van der Waals surface area contributed by atoms with Gasteiger partial charge < -0.3 is 0 Å². The topological polar surface area (TPSA) is 85.6 Å². The molecular formula is C19H15ClN6OS. The van der Waals surface area contributed by atoms with Crippen molar-refractivity contribution in [2.75, 3.05) is 5.32 Å². The molecule has 0 saturated carbocycles. The van der Waals surface area contributed by atoms with Gasteiger partial charge in [-0.25, -0.2) is 9.67 Å². The van der Waals surface area contributed by atoms with Gasteiger partial charge in [0.1, 0.15) is 6.33 Å². The number of hydrogen-bond donors (Lipinski definition) is 1. The third-order valence-electron chi connectivity index (χ3n) is 4.17. The number of aryl methyl sites for hydroxylation is 1. The van der Waals surface area contributed by atoms with E-state index in [9.17, 15) is 4.79 Å². The van der Waals surface area contributed by atoms with Crippen LogP contribution in [0.3, 0.4) is 0 Å². The molecule has 28 heavy (non-hydrogen) atoms. The molecule has 4 aromatic rings. The molecule has 2 aromatic carbocycles. The number of anilines is 1. The Labute approximate surface area is 170 Å². The first-order valence-electron chi connectivity index (χ1n) is 8.44. The standard InChI is InChI=1S/C19H15ClN6OS/c1-12-17(10-14-4-2-3-5-16(14)20)28-19(22-12)23-18(27)13-6-8-15(9-7-13)26-11-21-24-25-26/h2-9,11H,10H2,1H3,(H,22,23,27). The second-order valence-electron chi connectivity index (χ2n) is 6.05. The highest BCUT2D eigenvalue weighted by atomic mass is 35.5. The summed E-state index contributed by atoms with van der Waals surface area (Å²) in [5.74, 6) is -0.221. The molecule has 0 fully saturated rings. The van der Waals surface area contributed by atoms with E-state index in [0.29, 0.717) is 17.1 Å². The van der Waals surface area contributed by atoms with E-state index >= 15 is 0 Å². The number of hydrogen-bond acceptors (Lipinski definition) is 6. The zero-order valence-electron chi connectivity index (χ0n) is 14.8. The lowest BCUT2D eigenvalue weighted by Crippen LogP contribution is -2.11. The second kappa shape index (κ2) is 7.87. The van der Waals surface area contributed by atoms with Gasteiger partial charge in [-0.1, -0.05) is 29.8 Å². The van der Waals surface area contributed by atoms with E-state index in [1.165, 1.54) is 22.3 Å². The van der Waals surface area contributed by atoms with Crippen molar-refractivity contribution in [3.05, 3.63) is 81.6 Å². The molecule has 2 heterocycles. The Morgan fingerprint density at radius 3 is 2.68 bits per heavy atom. The summed E-state index contributed by atoms with van der Waals surface area (Å²) >= 11 is 7.70. The van der Waals surface area contributed by atoms with Gasteiger partial charge in [0, 0.05) is 21.9 Å². The van der Waals surface area contributed by atoms with Gasteiger partial charge in [-0.3, -0.25) is 10.1 Å². The first-order valence-corrected chi connectivity index (χ1v) is 9.64. The van der Waals surface area contributed by atoms with Gasteiger partial charge in [0.25, 0.3) is 5.91 Å². The van der Waals surface area contributed by atoms with Crippen LogP contribution in [0.2, 0.25) is 5.02 Å². The summed E-state index contributed by atoms with van der Waals surface area (Å²) in [6.45, 7) is 1.93.